The van der Waals surface area contributed by atoms with Gasteiger partial charge in [-0.3, -0.25) is 14.6 Å². The molecule has 1 aromatic carbocycles. The highest BCUT2D eigenvalue weighted by molar-refractivity contribution is 5.97. The van der Waals surface area contributed by atoms with Gasteiger partial charge in [0.1, 0.15) is 0 Å². The summed E-state index contributed by atoms with van der Waals surface area (Å²) in [5.41, 5.74) is 1.41. The van der Waals surface area contributed by atoms with Gasteiger partial charge in [0.15, 0.2) is 12.4 Å². The number of hydrogen-bond donors (Lipinski definition) is 1. The van der Waals surface area contributed by atoms with Crippen molar-refractivity contribution >= 4 is 23.3 Å². The Kier molecular flexibility index (Phi) is 4.98. The molecular weight excluding hydrogens is 284 g/mol. The van der Waals surface area contributed by atoms with Crippen molar-refractivity contribution in [2.45, 2.75) is 6.92 Å². The van der Waals surface area contributed by atoms with Crippen molar-refractivity contribution in [2.24, 2.45) is 0 Å². The summed E-state index contributed by atoms with van der Waals surface area (Å²) in [5, 5.41) is 2.58. The smallest absolute Gasteiger partial charge is 0.338 e. The molecule has 0 aliphatic carbocycles. The molecule has 0 saturated heterocycles. The Bertz CT molecular complexity index is 681. The predicted octanol–water partition coefficient (Wildman–Crippen LogP) is 2.08. The molecule has 6 nitrogen and oxygen atoms in total. The van der Waals surface area contributed by atoms with Crippen LogP contribution in [0.4, 0.5) is 5.69 Å². The molecule has 0 atom stereocenters. The number of ether oxygens (including phenoxy) is 1. The van der Waals surface area contributed by atoms with Crippen LogP contribution in [0.1, 0.15) is 27.6 Å². The lowest BCUT2D eigenvalue weighted by molar-refractivity contribution is -0.119. The second-order valence-electron chi connectivity index (χ2n) is 4.49. The maximum atomic E-state index is 11.7. The molecule has 0 bridgehead atoms. The highest BCUT2D eigenvalue weighted by Crippen LogP contribution is 2.10. The Balaban J connectivity index is 1.85. The first kappa shape index (κ1) is 15.4. The summed E-state index contributed by atoms with van der Waals surface area (Å²) in [6.07, 6.45) is 2.93. The number of Topliss-reactive ketones (excluding diaryl/α,β-unsaturated/α-hetero) is 1. The van der Waals surface area contributed by atoms with Crippen LogP contribution in [0.25, 0.3) is 0 Å². The van der Waals surface area contributed by atoms with Crippen LogP contribution in [0.2, 0.25) is 0 Å². The number of carbonyl (C=O) groups excluding carboxylic acids is 3. The van der Waals surface area contributed by atoms with E-state index in [9.17, 15) is 14.4 Å². The fourth-order valence-corrected chi connectivity index (χ4v) is 1.69. The molecule has 22 heavy (non-hydrogen) atoms. The van der Waals surface area contributed by atoms with E-state index in [2.05, 4.69) is 10.3 Å². The Labute approximate surface area is 127 Å². The Morgan fingerprint density at radius 3 is 2.23 bits per heavy atom. The zero-order valence-corrected chi connectivity index (χ0v) is 11.9. The van der Waals surface area contributed by atoms with Crippen molar-refractivity contribution in [1.29, 1.82) is 0 Å². The third-order valence-corrected chi connectivity index (χ3v) is 2.83. The van der Waals surface area contributed by atoms with E-state index in [0.717, 1.165) is 0 Å². The van der Waals surface area contributed by atoms with Crippen molar-refractivity contribution in [3.8, 4) is 0 Å². The van der Waals surface area contributed by atoms with Crippen LogP contribution in [0.3, 0.4) is 0 Å². The normalized spacial score (nSPS) is 9.86. The number of rotatable bonds is 5. The number of anilines is 1. The Morgan fingerprint density at radius 1 is 1.00 bits per heavy atom. The standard InChI is InChI=1S/C16H14N2O4/c1-11(19)12-2-4-14(5-3-12)18-15(20)10-22-16(21)13-6-8-17-9-7-13/h2-9H,10H2,1H3,(H,18,20). The summed E-state index contributed by atoms with van der Waals surface area (Å²) in [4.78, 5) is 38.3. The molecule has 0 unspecified atom stereocenters. The number of aromatic nitrogens is 1. The van der Waals surface area contributed by atoms with Gasteiger partial charge < -0.3 is 10.1 Å². The van der Waals surface area contributed by atoms with Crippen molar-refractivity contribution < 1.29 is 19.1 Å². The highest BCUT2D eigenvalue weighted by atomic mass is 16.5. The minimum atomic E-state index is -0.593. The minimum Gasteiger partial charge on any atom is -0.452 e. The van der Waals surface area contributed by atoms with Crippen molar-refractivity contribution in [1.82, 2.24) is 4.98 Å². The summed E-state index contributed by atoms with van der Waals surface area (Å²) in [6, 6.07) is 9.45. The van der Waals surface area contributed by atoms with Crippen LogP contribution in [0, 0.1) is 0 Å². The van der Waals surface area contributed by atoms with E-state index in [1.54, 1.807) is 24.3 Å². The minimum absolute atomic E-state index is 0.0517. The molecular formula is C16H14N2O4. The van der Waals surface area contributed by atoms with E-state index in [1.807, 2.05) is 0 Å². The maximum absolute atomic E-state index is 11.7. The zero-order chi connectivity index (χ0) is 15.9. The molecule has 0 spiro atoms. The largest absolute Gasteiger partial charge is 0.452 e. The molecule has 0 saturated carbocycles. The van der Waals surface area contributed by atoms with Gasteiger partial charge in [0.25, 0.3) is 5.91 Å². The predicted molar refractivity (Wildman–Crippen MR) is 79.6 cm³/mol. The SMILES string of the molecule is CC(=O)c1ccc(NC(=O)COC(=O)c2ccncc2)cc1. The summed E-state index contributed by atoms with van der Waals surface area (Å²) in [5.74, 6) is -1.10. The maximum Gasteiger partial charge on any atom is 0.338 e. The molecule has 1 N–H and O–H groups in total. The molecule has 0 aliphatic rings. The third-order valence-electron chi connectivity index (χ3n) is 2.83. The van der Waals surface area contributed by atoms with Crippen LogP contribution in [-0.2, 0) is 9.53 Å². The first-order valence-corrected chi connectivity index (χ1v) is 6.54. The number of amides is 1. The molecule has 0 aliphatic heterocycles. The van der Waals surface area contributed by atoms with Crippen molar-refractivity contribution in [3.05, 3.63) is 59.9 Å². The van der Waals surface area contributed by atoms with Gasteiger partial charge in [-0.1, -0.05) is 0 Å². The number of nitrogens with one attached hydrogen (secondary N) is 1. The fraction of sp³-hybridized carbons (Fsp3) is 0.125. The second-order valence-corrected chi connectivity index (χ2v) is 4.49. The summed E-state index contributed by atoms with van der Waals surface area (Å²) in [6.45, 7) is 1.07. The van der Waals surface area contributed by atoms with Crippen molar-refractivity contribution in [3.63, 3.8) is 0 Å². The van der Waals surface area contributed by atoms with Crippen LogP contribution in [-0.4, -0.2) is 29.3 Å². The number of hydrogen-bond acceptors (Lipinski definition) is 5. The van der Waals surface area contributed by atoms with Crippen LogP contribution < -0.4 is 5.32 Å². The van der Waals surface area contributed by atoms with Gasteiger partial charge in [0, 0.05) is 23.6 Å². The number of nitrogens with zero attached hydrogens (tertiary/aromatic N) is 1. The number of carbonyl (C=O) groups is 3. The van der Waals surface area contributed by atoms with Gasteiger partial charge in [0.2, 0.25) is 0 Å². The van der Waals surface area contributed by atoms with E-state index in [-0.39, 0.29) is 5.78 Å². The summed E-state index contributed by atoms with van der Waals surface area (Å²) < 4.78 is 4.89. The second kappa shape index (κ2) is 7.12. The molecule has 2 rings (SSSR count). The average Bonchev–Trinajstić information content (AvgIpc) is 2.54. The van der Waals surface area contributed by atoms with Crippen LogP contribution in [0.5, 0.6) is 0 Å². The molecule has 1 heterocycles. The lowest BCUT2D eigenvalue weighted by atomic mass is 10.1. The average molecular weight is 298 g/mol. The monoisotopic (exact) mass is 298 g/mol. The highest BCUT2D eigenvalue weighted by Gasteiger charge is 2.10. The zero-order valence-electron chi connectivity index (χ0n) is 11.9. The van der Waals surface area contributed by atoms with E-state index in [1.165, 1.54) is 31.5 Å². The third kappa shape index (κ3) is 4.24. The molecule has 1 amide bonds. The van der Waals surface area contributed by atoms with E-state index >= 15 is 0 Å². The van der Waals surface area contributed by atoms with Crippen LogP contribution in [0.15, 0.2) is 48.8 Å². The molecule has 112 valence electrons. The van der Waals surface area contributed by atoms with E-state index < -0.39 is 18.5 Å². The van der Waals surface area contributed by atoms with E-state index in [4.69, 9.17) is 4.74 Å². The first-order valence-electron chi connectivity index (χ1n) is 6.54. The Hall–Kier alpha value is -3.02. The lowest BCUT2D eigenvalue weighted by Crippen LogP contribution is -2.20. The number of pyridine rings is 1. The molecule has 6 heteroatoms. The molecule has 0 radical (unpaired) electrons. The number of esters is 1. The van der Waals surface area contributed by atoms with Crippen LogP contribution >= 0.6 is 0 Å². The van der Waals surface area contributed by atoms with Gasteiger partial charge in [-0.25, -0.2) is 4.79 Å². The van der Waals surface area contributed by atoms with Crippen molar-refractivity contribution in [2.75, 3.05) is 11.9 Å². The number of ketones is 1. The topological polar surface area (TPSA) is 85.4 Å². The van der Waals surface area contributed by atoms with E-state index in [0.29, 0.717) is 16.8 Å². The first-order chi connectivity index (χ1) is 10.6. The summed E-state index contributed by atoms with van der Waals surface area (Å²) >= 11 is 0. The van der Waals surface area contributed by atoms with Gasteiger partial charge in [0.05, 0.1) is 5.56 Å². The van der Waals surface area contributed by atoms with Gasteiger partial charge in [-0.05, 0) is 43.3 Å². The quantitative estimate of drug-likeness (QED) is 0.674. The molecule has 0 fully saturated rings. The molecule has 2 aromatic rings. The molecule has 1 aromatic heterocycles. The Morgan fingerprint density at radius 2 is 1.64 bits per heavy atom. The van der Waals surface area contributed by atoms with Gasteiger partial charge in [-0.2, -0.15) is 0 Å². The summed E-state index contributed by atoms with van der Waals surface area (Å²) in [7, 11) is 0. The fourth-order valence-electron chi connectivity index (χ4n) is 1.69. The van der Waals surface area contributed by atoms with Gasteiger partial charge >= 0.3 is 5.97 Å². The van der Waals surface area contributed by atoms with Gasteiger partial charge in [-0.15, -0.1) is 0 Å². The lowest BCUT2D eigenvalue weighted by Gasteiger charge is -2.07. The number of benzene rings is 1.